The summed E-state index contributed by atoms with van der Waals surface area (Å²) in [6, 6.07) is 15.0. The third-order valence-corrected chi connectivity index (χ3v) is 4.34. The summed E-state index contributed by atoms with van der Waals surface area (Å²) in [6.45, 7) is 2.21. The zero-order valence-corrected chi connectivity index (χ0v) is 16.5. The first-order valence-corrected chi connectivity index (χ1v) is 9.38. The summed E-state index contributed by atoms with van der Waals surface area (Å²) in [5, 5.41) is 17.3. The Bertz CT molecular complexity index is 814. The van der Waals surface area contributed by atoms with E-state index in [2.05, 4.69) is 0 Å². The van der Waals surface area contributed by atoms with Gasteiger partial charge < -0.3 is 21.7 Å². The summed E-state index contributed by atoms with van der Waals surface area (Å²) in [5.74, 6) is -2.55. The molecule has 7 nitrogen and oxygen atoms in total. The number of aliphatic carboxylic acids is 2. The fraction of sp³-hybridized carbons (Fsp3) is 0.318. The molecule has 0 spiro atoms. The van der Waals surface area contributed by atoms with Crippen LogP contribution in [0.4, 0.5) is 0 Å². The molecule has 0 saturated carbocycles. The average molecular weight is 424 g/mol. The first kappa shape index (κ1) is 28.0. The summed E-state index contributed by atoms with van der Waals surface area (Å²) in [4.78, 5) is 33.3. The minimum absolute atomic E-state index is 0. The van der Waals surface area contributed by atoms with Crippen molar-refractivity contribution in [2.45, 2.75) is 38.1 Å². The first-order chi connectivity index (χ1) is 13.8. The van der Waals surface area contributed by atoms with Gasteiger partial charge in [0.25, 0.3) is 0 Å². The Morgan fingerprint density at radius 1 is 0.900 bits per heavy atom. The van der Waals surface area contributed by atoms with Gasteiger partial charge in [-0.3, -0.25) is 14.4 Å². The molecule has 0 fully saturated rings. The molecule has 0 radical (unpaired) electrons. The van der Waals surface area contributed by atoms with Crippen molar-refractivity contribution in [3.63, 3.8) is 0 Å². The van der Waals surface area contributed by atoms with Gasteiger partial charge in [-0.1, -0.05) is 55.0 Å². The van der Waals surface area contributed by atoms with Crippen molar-refractivity contribution in [2.24, 2.45) is 11.5 Å². The number of unbranched alkanes of at least 4 members (excludes halogenated alkanes) is 1. The maximum atomic E-state index is 12.2. The second-order valence-electron chi connectivity index (χ2n) is 6.61. The van der Waals surface area contributed by atoms with E-state index in [1.807, 2.05) is 6.07 Å². The predicted octanol–water partition coefficient (Wildman–Crippen LogP) is 1.98. The Morgan fingerprint density at radius 2 is 1.50 bits per heavy atom. The maximum absolute atomic E-state index is 12.2. The molecule has 0 aliphatic heterocycles. The Kier molecular flexibility index (Phi) is 13.9. The van der Waals surface area contributed by atoms with E-state index in [0.717, 1.165) is 12.8 Å². The van der Waals surface area contributed by atoms with Crippen LogP contribution >= 0.6 is 0 Å². The monoisotopic (exact) mass is 424 g/mol. The van der Waals surface area contributed by atoms with Crippen LogP contribution in [0, 0.1) is 0 Å². The van der Waals surface area contributed by atoms with Crippen LogP contribution in [0.15, 0.2) is 54.6 Å². The van der Waals surface area contributed by atoms with Crippen LogP contribution in [0.5, 0.6) is 0 Å². The van der Waals surface area contributed by atoms with E-state index in [1.54, 1.807) is 55.5 Å². The van der Waals surface area contributed by atoms with Crippen molar-refractivity contribution < 1.29 is 24.6 Å². The zero-order valence-electron chi connectivity index (χ0n) is 16.5. The standard InChI is InChI=1S/C16H14O3.C6H14N2O2.Na.H/c1-11(16(18)19)13-8-5-9-14(10-13)15(17)12-6-3-2-4-7-12;7-4-2-1-3-5(8)6(9)10;;/h2-11H,1H3,(H,18,19);5H,1-4,7-8H2,(H,9,10);;. The fourth-order valence-corrected chi connectivity index (χ4v) is 2.48. The first-order valence-electron chi connectivity index (χ1n) is 9.38. The number of carbonyl (C=O) groups excluding carboxylic acids is 1. The summed E-state index contributed by atoms with van der Waals surface area (Å²) in [5.41, 5.74) is 12.2. The minimum atomic E-state index is -0.933. The Morgan fingerprint density at radius 3 is 2.03 bits per heavy atom. The van der Waals surface area contributed by atoms with E-state index in [9.17, 15) is 14.4 Å². The predicted molar refractivity (Wildman–Crippen MR) is 118 cm³/mol. The number of hydrogen-bond donors (Lipinski definition) is 4. The van der Waals surface area contributed by atoms with E-state index in [1.165, 1.54) is 0 Å². The third-order valence-electron chi connectivity index (χ3n) is 4.34. The molecule has 30 heavy (non-hydrogen) atoms. The topological polar surface area (TPSA) is 144 Å². The number of carboxylic acid groups (broad SMARTS) is 2. The molecule has 2 aromatic carbocycles. The third kappa shape index (κ3) is 9.65. The van der Waals surface area contributed by atoms with Gasteiger partial charge in [-0.05, 0) is 37.9 Å². The quantitative estimate of drug-likeness (QED) is 0.274. The SMILES string of the molecule is CC(C(=O)O)c1cccc(C(=O)c2ccccc2)c1.NCCCCC(N)C(=O)O.[NaH]. The van der Waals surface area contributed by atoms with Crippen molar-refractivity contribution in [3.05, 3.63) is 71.3 Å². The summed E-state index contributed by atoms with van der Waals surface area (Å²) in [6.07, 6.45) is 2.16. The Hall–Kier alpha value is -2.03. The van der Waals surface area contributed by atoms with Crippen molar-refractivity contribution in [2.75, 3.05) is 6.54 Å². The van der Waals surface area contributed by atoms with Gasteiger partial charge in [0.1, 0.15) is 6.04 Å². The second kappa shape index (κ2) is 14.9. The van der Waals surface area contributed by atoms with Gasteiger partial charge in [-0.25, -0.2) is 0 Å². The number of benzene rings is 2. The normalized spacial score (nSPS) is 11.8. The molecule has 0 aromatic heterocycles. The molecule has 158 valence electrons. The Balaban J connectivity index is 0.000000658. The van der Waals surface area contributed by atoms with E-state index in [4.69, 9.17) is 21.7 Å². The van der Waals surface area contributed by atoms with Gasteiger partial charge >= 0.3 is 41.5 Å². The van der Waals surface area contributed by atoms with Crippen LogP contribution in [0.2, 0.25) is 0 Å². The summed E-state index contributed by atoms with van der Waals surface area (Å²) < 4.78 is 0. The van der Waals surface area contributed by atoms with Crippen LogP contribution in [-0.4, -0.2) is 70.1 Å². The summed E-state index contributed by atoms with van der Waals surface area (Å²) >= 11 is 0. The number of carbonyl (C=O) groups is 3. The molecular weight excluding hydrogens is 395 g/mol. The molecule has 0 aliphatic rings. The number of ketones is 1. The van der Waals surface area contributed by atoms with Gasteiger partial charge in [0.15, 0.2) is 5.78 Å². The van der Waals surface area contributed by atoms with Gasteiger partial charge in [0.2, 0.25) is 0 Å². The number of rotatable bonds is 9. The average Bonchev–Trinajstić information content (AvgIpc) is 2.73. The number of carboxylic acids is 2. The number of hydrogen-bond acceptors (Lipinski definition) is 5. The van der Waals surface area contributed by atoms with Crippen LogP contribution in [-0.2, 0) is 9.59 Å². The molecule has 0 heterocycles. The molecule has 2 rings (SSSR count). The van der Waals surface area contributed by atoms with Crippen LogP contribution in [0.1, 0.15) is 53.6 Å². The van der Waals surface area contributed by atoms with Crippen LogP contribution < -0.4 is 11.5 Å². The molecule has 2 atom stereocenters. The van der Waals surface area contributed by atoms with Gasteiger partial charge in [0.05, 0.1) is 5.92 Å². The zero-order chi connectivity index (χ0) is 21.8. The van der Waals surface area contributed by atoms with Crippen molar-refractivity contribution in [1.29, 1.82) is 0 Å². The Labute approximate surface area is 198 Å². The van der Waals surface area contributed by atoms with Crippen molar-refractivity contribution >= 4 is 47.3 Å². The molecule has 0 bridgehead atoms. The van der Waals surface area contributed by atoms with E-state index in [-0.39, 0.29) is 35.3 Å². The fourth-order valence-electron chi connectivity index (χ4n) is 2.48. The van der Waals surface area contributed by atoms with Gasteiger partial charge in [-0.2, -0.15) is 0 Å². The molecular formula is C22H29N2NaO5. The number of nitrogens with two attached hydrogens (primary N) is 2. The van der Waals surface area contributed by atoms with E-state index in [0.29, 0.717) is 29.7 Å². The molecule has 0 aliphatic carbocycles. The van der Waals surface area contributed by atoms with Crippen molar-refractivity contribution in [3.8, 4) is 0 Å². The van der Waals surface area contributed by atoms with Gasteiger partial charge in [0, 0.05) is 11.1 Å². The second-order valence-corrected chi connectivity index (χ2v) is 6.61. The molecule has 8 heteroatoms. The van der Waals surface area contributed by atoms with Crippen LogP contribution in [0.25, 0.3) is 0 Å². The van der Waals surface area contributed by atoms with E-state index >= 15 is 0 Å². The molecule has 0 amide bonds. The molecule has 6 N–H and O–H groups in total. The van der Waals surface area contributed by atoms with Gasteiger partial charge in [-0.15, -0.1) is 0 Å². The van der Waals surface area contributed by atoms with Crippen LogP contribution in [0.3, 0.4) is 0 Å². The molecule has 2 unspecified atom stereocenters. The van der Waals surface area contributed by atoms with Crippen molar-refractivity contribution in [1.82, 2.24) is 0 Å². The summed E-state index contributed by atoms with van der Waals surface area (Å²) in [7, 11) is 0. The van der Waals surface area contributed by atoms with E-state index < -0.39 is 23.9 Å². The molecule has 0 saturated heterocycles. The molecule has 2 aromatic rings.